The van der Waals surface area contributed by atoms with Crippen LogP contribution in [0, 0.1) is 11.2 Å². The van der Waals surface area contributed by atoms with Crippen LogP contribution in [-0.2, 0) is 24.7 Å². The average molecular weight is 561 g/mol. The van der Waals surface area contributed by atoms with Crippen molar-refractivity contribution in [2.24, 2.45) is 5.41 Å². The molecule has 2 saturated heterocycles. The van der Waals surface area contributed by atoms with E-state index in [9.17, 15) is 27.2 Å². The van der Waals surface area contributed by atoms with Crippen molar-refractivity contribution in [3.05, 3.63) is 77.1 Å². The number of carbonyl (C=O) groups is 2. The second kappa shape index (κ2) is 11.0. The standard InChI is InChI=1S/C30H32F4N2O4/c1-39-29(30(32,33)34,23-4-2-3-22(17-23)20-9-15-40-16-10-20)27(38)36-13-11-28(12-14-36)18-26(37)35-19-25(28)21-5-7-24(31)8-6-21/h2-9,17,25H,10-16,18-19H2,1H3,(H,35,37)/t25-,29?/m0/s1. The molecule has 0 saturated carbocycles. The molecule has 10 heteroatoms. The van der Waals surface area contributed by atoms with E-state index in [2.05, 4.69) is 5.32 Å². The molecular formula is C30H32F4N2O4. The van der Waals surface area contributed by atoms with Crippen molar-refractivity contribution >= 4 is 17.4 Å². The van der Waals surface area contributed by atoms with Gasteiger partial charge in [-0.1, -0.05) is 36.4 Å². The third kappa shape index (κ3) is 5.03. The molecule has 0 bridgehead atoms. The zero-order valence-corrected chi connectivity index (χ0v) is 22.2. The number of methoxy groups -OCH3 is 1. The molecule has 2 fully saturated rings. The van der Waals surface area contributed by atoms with Crippen molar-refractivity contribution in [3.8, 4) is 0 Å². The summed E-state index contributed by atoms with van der Waals surface area (Å²) >= 11 is 0. The molecule has 214 valence electrons. The second-order valence-electron chi connectivity index (χ2n) is 10.8. The first kappa shape index (κ1) is 28.3. The van der Waals surface area contributed by atoms with Crippen LogP contribution in [0.5, 0.6) is 0 Å². The lowest BCUT2D eigenvalue weighted by Gasteiger charge is -2.50. The number of hydrogen-bond acceptors (Lipinski definition) is 4. The molecule has 3 aliphatic rings. The topological polar surface area (TPSA) is 67.9 Å². The predicted octanol–water partition coefficient (Wildman–Crippen LogP) is 4.95. The third-order valence-electron chi connectivity index (χ3n) is 8.68. The molecule has 1 N–H and O–H groups in total. The minimum absolute atomic E-state index is 0.0349. The molecule has 6 nitrogen and oxygen atoms in total. The Morgan fingerprint density at radius 3 is 2.48 bits per heavy atom. The van der Waals surface area contributed by atoms with E-state index in [-0.39, 0.29) is 42.7 Å². The highest BCUT2D eigenvalue weighted by Crippen LogP contribution is 2.50. The third-order valence-corrected chi connectivity index (χ3v) is 8.68. The molecule has 2 aromatic rings. The van der Waals surface area contributed by atoms with Crippen molar-refractivity contribution in [2.45, 2.75) is 43.4 Å². The summed E-state index contributed by atoms with van der Waals surface area (Å²) in [7, 11) is 0.910. The normalized spacial score (nSPS) is 22.8. The van der Waals surface area contributed by atoms with Gasteiger partial charge in [-0.3, -0.25) is 9.59 Å². The molecule has 1 unspecified atom stereocenters. The number of nitrogens with zero attached hydrogens (tertiary/aromatic N) is 1. The van der Waals surface area contributed by atoms with Crippen LogP contribution in [0.1, 0.15) is 48.3 Å². The van der Waals surface area contributed by atoms with Crippen molar-refractivity contribution in [2.75, 3.05) is 40.0 Å². The summed E-state index contributed by atoms with van der Waals surface area (Å²) in [6.45, 7) is 1.26. The Labute approximate surface area is 230 Å². The number of benzene rings is 2. The van der Waals surface area contributed by atoms with Gasteiger partial charge in [0.05, 0.1) is 13.2 Å². The summed E-state index contributed by atoms with van der Waals surface area (Å²) in [6.07, 6.45) is -1.79. The molecule has 2 amide bonds. The van der Waals surface area contributed by atoms with Gasteiger partial charge in [0.25, 0.3) is 11.5 Å². The first-order valence-electron chi connectivity index (χ1n) is 13.4. The molecule has 0 aromatic heterocycles. The van der Waals surface area contributed by atoms with Gasteiger partial charge in [-0.15, -0.1) is 0 Å². The Morgan fingerprint density at radius 1 is 1.12 bits per heavy atom. The predicted molar refractivity (Wildman–Crippen MR) is 140 cm³/mol. The highest BCUT2D eigenvalue weighted by atomic mass is 19.4. The van der Waals surface area contributed by atoms with E-state index in [1.807, 2.05) is 6.08 Å². The van der Waals surface area contributed by atoms with Gasteiger partial charge in [-0.05, 0) is 59.6 Å². The van der Waals surface area contributed by atoms with Crippen LogP contribution in [-0.4, -0.2) is 62.8 Å². The van der Waals surface area contributed by atoms with Crippen LogP contribution >= 0.6 is 0 Å². The van der Waals surface area contributed by atoms with E-state index in [0.717, 1.165) is 18.2 Å². The van der Waals surface area contributed by atoms with Gasteiger partial charge in [0.15, 0.2) is 0 Å². The number of carbonyl (C=O) groups excluding carboxylic acids is 2. The van der Waals surface area contributed by atoms with Crippen LogP contribution in [0.25, 0.3) is 5.57 Å². The lowest BCUT2D eigenvalue weighted by atomic mass is 9.62. The first-order valence-corrected chi connectivity index (χ1v) is 13.4. The van der Waals surface area contributed by atoms with E-state index in [4.69, 9.17) is 9.47 Å². The highest BCUT2D eigenvalue weighted by Gasteiger charge is 2.64. The van der Waals surface area contributed by atoms with E-state index in [0.29, 0.717) is 44.6 Å². The molecule has 40 heavy (non-hydrogen) atoms. The first-order chi connectivity index (χ1) is 19.1. The summed E-state index contributed by atoms with van der Waals surface area (Å²) in [6, 6.07) is 12.0. The average Bonchev–Trinajstić information content (AvgIpc) is 2.95. The maximum atomic E-state index is 14.9. The summed E-state index contributed by atoms with van der Waals surface area (Å²) < 4.78 is 68.6. The summed E-state index contributed by atoms with van der Waals surface area (Å²) in [5.41, 5.74) is -1.72. The molecule has 2 aromatic carbocycles. The number of alkyl halides is 3. The Balaban J connectivity index is 1.44. The number of likely N-dealkylation sites (tertiary alicyclic amines) is 1. The van der Waals surface area contributed by atoms with Crippen LogP contribution in [0.3, 0.4) is 0 Å². The number of piperidine rings is 2. The number of halogens is 4. The minimum atomic E-state index is -5.03. The van der Waals surface area contributed by atoms with Gasteiger partial charge in [0, 0.05) is 44.6 Å². The van der Waals surface area contributed by atoms with E-state index >= 15 is 0 Å². The van der Waals surface area contributed by atoms with Crippen molar-refractivity contribution in [1.82, 2.24) is 10.2 Å². The number of ether oxygens (including phenoxy) is 2. The summed E-state index contributed by atoms with van der Waals surface area (Å²) in [5.74, 6) is -1.84. The zero-order chi connectivity index (χ0) is 28.5. The van der Waals surface area contributed by atoms with Gasteiger partial charge in [0.1, 0.15) is 5.82 Å². The SMILES string of the molecule is COC(C(=O)N1CCC2(CC1)CC(=O)NC[C@H]2c1ccc(F)cc1)(c1cccc(C2=CCOCC2)c1)C(F)(F)F. The molecule has 3 aliphatic heterocycles. The highest BCUT2D eigenvalue weighted by molar-refractivity contribution is 5.88. The Kier molecular flexibility index (Phi) is 7.76. The molecule has 1 spiro atoms. The van der Waals surface area contributed by atoms with E-state index in [1.54, 1.807) is 18.2 Å². The van der Waals surface area contributed by atoms with Gasteiger partial charge in [0.2, 0.25) is 5.91 Å². The lowest BCUT2D eigenvalue weighted by Crippen LogP contribution is -2.60. The maximum Gasteiger partial charge on any atom is 0.430 e. The van der Waals surface area contributed by atoms with Crippen molar-refractivity contribution in [1.29, 1.82) is 0 Å². The number of nitrogens with one attached hydrogen (secondary N) is 1. The Morgan fingerprint density at radius 2 is 1.85 bits per heavy atom. The fraction of sp³-hybridized carbons (Fsp3) is 0.467. The van der Waals surface area contributed by atoms with Gasteiger partial charge in [-0.25, -0.2) is 4.39 Å². The fourth-order valence-electron chi connectivity index (χ4n) is 6.46. The fourth-order valence-corrected chi connectivity index (χ4v) is 6.46. The maximum absolute atomic E-state index is 14.9. The summed E-state index contributed by atoms with van der Waals surface area (Å²) in [5, 5.41) is 2.86. The van der Waals surface area contributed by atoms with Gasteiger partial charge < -0.3 is 19.7 Å². The van der Waals surface area contributed by atoms with Crippen molar-refractivity contribution in [3.63, 3.8) is 0 Å². The lowest BCUT2D eigenvalue weighted by molar-refractivity contribution is -0.271. The Bertz CT molecular complexity index is 1290. The van der Waals surface area contributed by atoms with E-state index in [1.165, 1.54) is 35.2 Å². The Hall–Kier alpha value is -3.24. The monoisotopic (exact) mass is 560 g/mol. The number of rotatable bonds is 5. The number of amides is 2. The number of hydrogen-bond donors (Lipinski definition) is 1. The molecule has 2 atom stereocenters. The second-order valence-corrected chi connectivity index (χ2v) is 10.8. The molecular weight excluding hydrogens is 528 g/mol. The largest absolute Gasteiger partial charge is 0.430 e. The van der Waals surface area contributed by atoms with E-state index < -0.39 is 23.1 Å². The van der Waals surface area contributed by atoms with Crippen LogP contribution in [0.2, 0.25) is 0 Å². The molecule has 0 radical (unpaired) electrons. The molecule has 0 aliphatic carbocycles. The van der Waals surface area contributed by atoms with Crippen molar-refractivity contribution < 1.29 is 36.6 Å². The van der Waals surface area contributed by atoms with Crippen LogP contribution < -0.4 is 5.32 Å². The van der Waals surface area contributed by atoms with Crippen LogP contribution in [0.15, 0.2) is 54.6 Å². The zero-order valence-electron chi connectivity index (χ0n) is 22.2. The van der Waals surface area contributed by atoms with Gasteiger partial charge in [-0.2, -0.15) is 13.2 Å². The molecule has 3 heterocycles. The van der Waals surface area contributed by atoms with Crippen LogP contribution in [0.4, 0.5) is 17.6 Å². The molecule has 5 rings (SSSR count). The quantitative estimate of drug-likeness (QED) is 0.526. The smallest absolute Gasteiger partial charge is 0.377 e. The summed E-state index contributed by atoms with van der Waals surface area (Å²) in [4.78, 5) is 27.5. The van der Waals surface area contributed by atoms with Gasteiger partial charge >= 0.3 is 6.18 Å². The minimum Gasteiger partial charge on any atom is -0.377 e.